The van der Waals surface area contributed by atoms with E-state index >= 15 is 4.39 Å². The Kier molecular flexibility index (Phi) is 6.21. The standard InChI is InChI=1S/C19H21FO5S2/c1-3-16(14-15(2)21)19(20,26(22,23)17-10-6-4-7-11-17)27(24,25)18-12-8-5-9-13-18/h4-13,16H,3,14H2,1-2H3. The number of carbonyl (C=O) groups excluding carboxylic acids is 1. The molecule has 0 aliphatic heterocycles. The van der Waals surface area contributed by atoms with Crippen LogP contribution in [0.5, 0.6) is 0 Å². The number of carbonyl (C=O) groups is 1. The summed E-state index contributed by atoms with van der Waals surface area (Å²) < 4.78 is 65.5. The molecule has 8 heteroatoms. The van der Waals surface area contributed by atoms with Gasteiger partial charge in [0.05, 0.1) is 9.79 Å². The molecule has 27 heavy (non-hydrogen) atoms. The first kappa shape index (κ1) is 21.2. The Morgan fingerprint density at radius 3 is 1.56 bits per heavy atom. The molecule has 0 aliphatic rings. The molecule has 0 radical (unpaired) electrons. The van der Waals surface area contributed by atoms with Gasteiger partial charge in [-0.25, -0.2) is 21.2 Å². The molecule has 2 rings (SSSR count). The SMILES string of the molecule is CCC(CC(C)=O)C(F)(S(=O)(=O)c1ccccc1)S(=O)(=O)c1ccccc1. The molecule has 0 fully saturated rings. The molecule has 0 saturated carbocycles. The predicted molar refractivity (Wildman–Crippen MR) is 100 cm³/mol. The second-order valence-corrected chi connectivity index (χ2v) is 10.6. The molecule has 0 aromatic heterocycles. The highest BCUT2D eigenvalue weighted by molar-refractivity contribution is 8.10. The first-order valence-corrected chi connectivity index (χ1v) is 11.3. The van der Waals surface area contributed by atoms with Crippen LogP contribution in [0, 0.1) is 5.92 Å². The van der Waals surface area contributed by atoms with Gasteiger partial charge < -0.3 is 4.79 Å². The molecule has 1 unspecified atom stereocenters. The minimum absolute atomic E-state index is 0.145. The molecule has 2 aromatic carbocycles. The van der Waals surface area contributed by atoms with Crippen LogP contribution in [0.3, 0.4) is 0 Å². The van der Waals surface area contributed by atoms with Gasteiger partial charge in [-0.3, -0.25) is 0 Å². The Morgan fingerprint density at radius 1 is 0.889 bits per heavy atom. The maximum atomic E-state index is 16.4. The number of Topliss-reactive ketones (excluding diaryl/α,β-unsaturated/α-hetero) is 1. The summed E-state index contributed by atoms with van der Waals surface area (Å²) in [5.41, 5.74) is 0. The number of sulfone groups is 2. The second kappa shape index (κ2) is 7.90. The van der Waals surface area contributed by atoms with Crippen LogP contribution in [0.4, 0.5) is 4.39 Å². The summed E-state index contributed by atoms with van der Waals surface area (Å²) in [6, 6.07) is 13.2. The summed E-state index contributed by atoms with van der Waals surface area (Å²) in [5.74, 6) is -2.04. The fourth-order valence-corrected chi connectivity index (χ4v) is 7.75. The molecular formula is C19H21FO5S2. The number of alkyl halides is 1. The van der Waals surface area contributed by atoms with Gasteiger partial charge in [-0.15, -0.1) is 0 Å². The third-order valence-corrected chi connectivity index (χ3v) is 9.59. The van der Waals surface area contributed by atoms with E-state index < -0.39 is 51.9 Å². The summed E-state index contributed by atoms with van der Waals surface area (Å²) >= 11 is 0. The van der Waals surface area contributed by atoms with E-state index in [-0.39, 0.29) is 6.42 Å². The zero-order valence-corrected chi connectivity index (χ0v) is 16.6. The average Bonchev–Trinajstić information content (AvgIpc) is 2.66. The summed E-state index contributed by atoms with van der Waals surface area (Å²) in [6.07, 6.45) is -0.653. The van der Waals surface area contributed by atoms with Crippen molar-refractivity contribution in [1.29, 1.82) is 0 Å². The quantitative estimate of drug-likeness (QED) is 0.662. The number of ketones is 1. The van der Waals surface area contributed by atoms with Gasteiger partial charge in [0, 0.05) is 12.3 Å². The molecule has 2 aromatic rings. The van der Waals surface area contributed by atoms with Crippen LogP contribution < -0.4 is 0 Å². The van der Waals surface area contributed by atoms with E-state index in [0.717, 1.165) is 24.3 Å². The second-order valence-electron chi connectivity index (χ2n) is 6.23. The lowest BCUT2D eigenvalue weighted by molar-refractivity contribution is -0.118. The van der Waals surface area contributed by atoms with Crippen molar-refractivity contribution in [2.24, 2.45) is 5.92 Å². The highest BCUT2D eigenvalue weighted by Gasteiger charge is 2.61. The number of benzene rings is 2. The van der Waals surface area contributed by atoms with Crippen molar-refractivity contribution >= 4 is 25.5 Å². The van der Waals surface area contributed by atoms with E-state index in [2.05, 4.69) is 0 Å². The Bertz CT molecular complexity index is 931. The van der Waals surface area contributed by atoms with Crippen molar-refractivity contribution < 1.29 is 26.0 Å². The molecule has 5 nitrogen and oxygen atoms in total. The van der Waals surface area contributed by atoms with E-state index in [1.165, 1.54) is 50.2 Å². The lowest BCUT2D eigenvalue weighted by atomic mass is 10.0. The van der Waals surface area contributed by atoms with Crippen LogP contribution in [-0.2, 0) is 24.5 Å². The fourth-order valence-electron chi connectivity index (χ4n) is 2.96. The van der Waals surface area contributed by atoms with E-state index in [1.54, 1.807) is 0 Å². The zero-order valence-electron chi connectivity index (χ0n) is 15.0. The summed E-state index contributed by atoms with van der Waals surface area (Å²) in [5, 5.41) is 0. The number of halogens is 1. The van der Waals surface area contributed by atoms with Gasteiger partial charge >= 0.3 is 4.33 Å². The molecule has 0 N–H and O–H groups in total. The Balaban J connectivity index is 2.83. The third kappa shape index (κ3) is 3.68. The molecule has 0 spiro atoms. The van der Waals surface area contributed by atoms with Gasteiger partial charge in [-0.1, -0.05) is 43.3 Å². The van der Waals surface area contributed by atoms with Crippen molar-refractivity contribution in [3.63, 3.8) is 0 Å². The average molecular weight is 413 g/mol. The van der Waals surface area contributed by atoms with Crippen LogP contribution in [0.25, 0.3) is 0 Å². The number of rotatable bonds is 8. The summed E-state index contributed by atoms with van der Waals surface area (Å²) in [6.45, 7) is 2.64. The van der Waals surface area contributed by atoms with Crippen molar-refractivity contribution in [3.8, 4) is 0 Å². The highest BCUT2D eigenvalue weighted by atomic mass is 32.3. The predicted octanol–water partition coefficient (Wildman–Crippen LogP) is 3.56. The zero-order chi connectivity index (χ0) is 20.3. The van der Waals surface area contributed by atoms with Crippen LogP contribution in [0.2, 0.25) is 0 Å². The highest BCUT2D eigenvalue weighted by Crippen LogP contribution is 2.45. The molecular weight excluding hydrogens is 391 g/mol. The fraction of sp³-hybridized carbons (Fsp3) is 0.316. The van der Waals surface area contributed by atoms with Crippen LogP contribution in [0.15, 0.2) is 70.5 Å². The van der Waals surface area contributed by atoms with Gasteiger partial charge in [0.15, 0.2) is 0 Å². The van der Waals surface area contributed by atoms with Crippen molar-refractivity contribution in [2.45, 2.75) is 40.8 Å². The van der Waals surface area contributed by atoms with Gasteiger partial charge in [0.25, 0.3) is 0 Å². The minimum atomic E-state index is -4.97. The van der Waals surface area contributed by atoms with Crippen LogP contribution >= 0.6 is 0 Å². The first-order valence-electron chi connectivity index (χ1n) is 8.36. The van der Waals surface area contributed by atoms with Crippen LogP contribution in [0.1, 0.15) is 26.7 Å². The van der Waals surface area contributed by atoms with Crippen LogP contribution in [-0.4, -0.2) is 27.0 Å². The topological polar surface area (TPSA) is 85.3 Å². The van der Waals surface area contributed by atoms with Crippen molar-refractivity contribution in [2.75, 3.05) is 0 Å². The van der Waals surface area contributed by atoms with E-state index in [4.69, 9.17) is 0 Å². The van der Waals surface area contributed by atoms with E-state index in [1.807, 2.05) is 0 Å². The lowest BCUT2D eigenvalue weighted by Crippen LogP contribution is -2.49. The molecule has 0 amide bonds. The Labute approximate surface area is 159 Å². The first-order chi connectivity index (χ1) is 12.6. The minimum Gasteiger partial charge on any atom is -0.300 e. The number of hydrogen-bond donors (Lipinski definition) is 0. The number of hydrogen-bond acceptors (Lipinski definition) is 5. The maximum absolute atomic E-state index is 16.4. The molecule has 1 atom stereocenters. The Morgan fingerprint density at radius 2 is 1.26 bits per heavy atom. The maximum Gasteiger partial charge on any atom is 0.320 e. The third-order valence-electron chi connectivity index (χ3n) is 4.35. The molecule has 0 heterocycles. The summed E-state index contributed by atoms with van der Waals surface area (Å²) in [7, 11) is -9.94. The van der Waals surface area contributed by atoms with Crippen molar-refractivity contribution in [3.05, 3.63) is 60.7 Å². The van der Waals surface area contributed by atoms with Gasteiger partial charge in [-0.05, 0) is 37.6 Å². The smallest absolute Gasteiger partial charge is 0.300 e. The van der Waals surface area contributed by atoms with E-state index in [9.17, 15) is 21.6 Å². The molecule has 0 aliphatic carbocycles. The monoisotopic (exact) mass is 412 g/mol. The molecule has 146 valence electrons. The lowest BCUT2D eigenvalue weighted by Gasteiger charge is -2.32. The van der Waals surface area contributed by atoms with E-state index in [0.29, 0.717) is 0 Å². The van der Waals surface area contributed by atoms with Crippen molar-refractivity contribution in [1.82, 2.24) is 0 Å². The normalized spacial score (nSPS) is 13.9. The van der Waals surface area contributed by atoms with Gasteiger partial charge in [0.1, 0.15) is 5.78 Å². The van der Waals surface area contributed by atoms with Gasteiger partial charge in [-0.2, -0.15) is 0 Å². The van der Waals surface area contributed by atoms with Gasteiger partial charge in [0.2, 0.25) is 19.7 Å². The largest absolute Gasteiger partial charge is 0.320 e. The Hall–Kier alpha value is -2.06. The summed E-state index contributed by atoms with van der Waals surface area (Å²) in [4.78, 5) is 10.7. The molecule has 0 saturated heterocycles. The molecule has 0 bridgehead atoms.